The molecule has 1 aliphatic heterocycles. The van der Waals surface area contributed by atoms with Crippen LogP contribution in [0.5, 0.6) is 5.75 Å². The van der Waals surface area contributed by atoms with E-state index in [4.69, 9.17) is 0 Å². The largest absolute Gasteiger partial charge is 0.506 e. The van der Waals surface area contributed by atoms with Crippen molar-refractivity contribution < 1.29 is 9.90 Å². The molecule has 7 nitrogen and oxygen atoms in total. The second-order valence-corrected chi connectivity index (χ2v) is 8.63. The zero-order valence-electron chi connectivity index (χ0n) is 19.9. The number of phenols is 1. The van der Waals surface area contributed by atoms with E-state index in [1.165, 1.54) is 36.4 Å². The molecule has 1 fully saturated rings. The quantitative estimate of drug-likeness (QED) is 0.464. The zero-order valence-corrected chi connectivity index (χ0v) is 19.9. The SMILES string of the molecule is C=Cc1cccc(Nc2c(C#N)cnc3cc(O)c(N(C)C(=O)/C=C/CN4CCCCC4)cc23)c1. The van der Waals surface area contributed by atoms with Gasteiger partial charge in [-0.3, -0.25) is 14.7 Å². The molecule has 2 heterocycles. The molecule has 0 radical (unpaired) electrons. The van der Waals surface area contributed by atoms with Gasteiger partial charge in [-0.2, -0.15) is 5.26 Å². The van der Waals surface area contributed by atoms with Crippen LogP contribution in [-0.4, -0.2) is 47.6 Å². The van der Waals surface area contributed by atoms with Crippen LogP contribution >= 0.6 is 0 Å². The van der Waals surface area contributed by atoms with Gasteiger partial charge in [0.15, 0.2) is 0 Å². The predicted molar refractivity (Wildman–Crippen MR) is 141 cm³/mol. The Morgan fingerprint density at radius 2 is 2.09 bits per heavy atom. The Labute approximate surface area is 205 Å². The first-order valence-corrected chi connectivity index (χ1v) is 11.7. The van der Waals surface area contributed by atoms with Gasteiger partial charge in [-0.1, -0.05) is 37.3 Å². The number of nitrogens with one attached hydrogen (secondary N) is 1. The van der Waals surface area contributed by atoms with Crippen molar-refractivity contribution in [1.82, 2.24) is 9.88 Å². The molecule has 178 valence electrons. The number of pyridine rings is 1. The minimum atomic E-state index is -0.241. The summed E-state index contributed by atoms with van der Waals surface area (Å²) >= 11 is 0. The summed E-state index contributed by atoms with van der Waals surface area (Å²) in [6.07, 6.45) is 10.3. The van der Waals surface area contributed by atoms with E-state index < -0.39 is 0 Å². The van der Waals surface area contributed by atoms with Crippen LogP contribution in [0.25, 0.3) is 17.0 Å². The number of likely N-dealkylation sites (N-methyl/N-ethyl adjacent to an activating group) is 1. The van der Waals surface area contributed by atoms with Crippen molar-refractivity contribution >= 4 is 39.9 Å². The smallest absolute Gasteiger partial charge is 0.250 e. The van der Waals surface area contributed by atoms with E-state index in [9.17, 15) is 15.2 Å². The molecule has 1 saturated heterocycles. The fraction of sp³-hybridized carbons (Fsp3) is 0.250. The van der Waals surface area contributed by atoms with Crippen LogP contribution < -0.4 is 10.2 Å². The maximum Gasteiger partial charge on any atom is 0.250 e. The Morgan fingerprint density at radius 1 is 1.29 bits per heavy atom. The highest BCUT2D eigenvalue weighted by Crippen LogP contribution is 2.37. The second kappa shape index (κ2) is 10.9. The van der Waals surface area contributed by atoms with Crippen LogP contribution in [0.15, 0.2) is 61.3 Å². The van der Waals surface area contributed by atoms with Crippen LogP contribution in [0.2, 0.25) is 0 Å². The summed E-state index contributed by atoms with van der Waals surface area (Å²) in [7, 11) is 1.62. The van der Waals surface area contributed by atoms with E-state index in [2.05, 4.69) is 27.8 Å². The Kier molecular flexibility index (Phi) is 7.44. The summed E-state index contributed by atoms with van der Waals surface area (Å²) < 4.78 is 0. The van der Waals surface area contributed by atoms with Gasteiger partial charge in [-0.15, -0.1) is 0 Å². The molecule has 0 saturated carbocycles. The summed E-state index contributed by atoms with van der Waals surface area (Å²) in [5.41, 5.74) is 3.48. The number of fused-ring (bicyclic) bond motifs is 1. The van der Waals surface area contributed by atoms with E-state index in [0.29, 0.717) is 27.8 Å². The normalized spacial score (nSPS) is 14.1. The Morgan fingerprint density at radius 3 is 2.83 bits per heavy atom. The fourth-order valence-electron chi connectivity index (χ4n) is 4.27. The molecule has 0 aliphatic carbocycles. The second-order valence-electron chi connectivity index (χ2n) is 8.63. The number of nitrogens with zero attached hydrogens (tertiary/aromatic N) is 4. The molecule has 0 atom stereocenters. The van der Waals surface area contributed by atoms with Crippen LogP contribution in [0, 0.1) is 11.3 Å². The van der Waals surface area contributed by atoms with Crippen molar-refractivity contribution in [2.45, 2.75) is 19.3 Å². The first-order valence-electron chi connectivity index (χ1n) is 11.7. The van der Waals surface area contributed by atoms with Gasteiger partial charge in [0.2, 0.25) is 0 Å². The van der Waals surface area contributed by atoms with Gasteiger partial charge < -0.3 is 15.3 Å². The standard InChI is InChI=1S/C28H29N5O2/c1-3-20-9-7-10-22(15-20)31-28-21(18-29)19-30-24-17-26(34)25(16-23(24)28)32(2)27(35)11-8-14-33-12-5-4-6-13-33/h3,7-11,15-17,19,34H,1,4-6,12-14H2,2H3,(H,30,31)/b11-8+. The van der Waals surface area contributed by atoms with Gasteiger partial charge in [0.1, 0.15) is 11.8 Å². The van der Waals surface area contributed by atoms with Gasteiger partial charge >= 0.3 is 0 Å². The molecule has 2 aromatic carbocycles. The van der Waals surface area contributed by atoms with Crippen molar-refractivity contribution in [1.29, 1.82) is 5.26 Å². The number of nitriles is 1. The van der Waals surface area contributed by atoms with E-state index >= 15 is 0 Å². The number of amides is 1. The molecule has 3 aromatic rings. The van der Waals surface area contributed by atoms with Crippen molar-refractivity contribution in [3.8, 4) is 11.8 Å². The van der Waals surface area contributed by atoms with Crippen LogP contribution in [0.3, 0.4) is 0 Å². The third kappa shape index (κ3) is 5.51. The van der Waals surface area contributed by atoms with Gasteiger partial charge in [-0.25, -0.2) is 0 Å². The molecule has 7 heteroatoms. The third-order valence-corrected chi connectivity index (χ3v) is 6.24. The molecule has 35 heavy (non-hydrogen) atoms. The number of carbonyl (C=O) groups excluding carboxylic acids is 1. The number of carbonyl (C=O) groups is 1. The van der Waals surface area contributed by atoms with Crippen molar-refractivity contribution in [2.75, 3.05) is 36.9 Å². The average molecular weight is 468 g/mol. The number of aromatic nitrogens is 1. The van der Waals surface area contributed by atoms with E-state index in [0.717, 1.165) is 30.9 Å². The molecule has 2 N–H and O–H groups in total. The molecule has 1 aliphatic rings. The van der Waals surface area contributed by atoms with Crippen LogP contribution in [0.1, 0.15) is 30.4 Å². The van der Waals surface area contributed by atoms with Crippen molar-refractivity contribution in [3.63, 3.8) is 0 Å². The summed E-state index contributed by atoms with van der Waals surface area (Å²) in [6, 6.07) is 13.0. The fourth-order valence-corrected chi connectivity index (χ4v) is 4.27. The van der Waals surface area contributed by atoms with E-state index in [1.807, 2.05) is 30.3 Å². The monoisotopic (exact) mass is 467 g/mol. The Hall–Kier alpha value is -4.15. The van der Waals surface area contributed by atoms with Crippen LogP contribution in [0.4, 0.5) is 17.1 Å². The molecular weight excluding hydrogens is 438 g/mol. The molecule has 0 unspecified atom stereocenters. The maximum absolute atomic E-state index is 12.9. The van der Waals surface area contributed by atoms with E-state index in [1.54, 1.807) is 25.3 Å². The van der Waals surface area contributed by atoms with Crippen LogP contribution in [-0.2, 0) is 4.79 Å². The predicted octanol–water partition coefficient (Wildman–Crippen LogP) is 5.20. The minimum absolute atomic E-state index is 0.0606. The number of anilines is 3. The van der Waals surface area contributed by atoms with Gasteiger partial charge in [0.25, 0.3) is 5.91 Å². The van der Waals surface area contributed by atoms with Gasteiger partial charge in [0, 0.05) is 43.0 Å². The molecule has 1 amide bonds. The number of hydrogen-bond donors (Lipinski definition) is 2. The number of benzene rings is 2. The lowest BCUT2D eigenvalue weighted by Gasteiger charge is -2.25. The van der Waals surface area contributed by atoms with Gasteiger partial charge in [-0.05, 0) is 49.7 Å². The number of piperidine rings is 1. The van der Waals surface area contributed by atoms with Gasteiger partial charge in [0.05, 0.1) is 22.5 Å². The lowest BCUT2D eigenvalue weighted by atomic mass is 10.1. The number of phenolic OH excluding ortho intramolecular Hbond substituents is 1. The molecule has 4 rings (SSSR count). The summed E-state index contributed by atoms with van der Waals surface area (Å²) in [5.74, 6) is -0.302. The summed E-state index contributed by atoms with van der Waals surface area (Å²) in [4.78, 5) is 20.9. The first-order chi connectivity index (χ1) is 17.0. The molecule has 0 bridgehead atoms. The highest BCUT2D eigenvalue weighted by atomic mass is 16.3. The van der Waals surface area contributed by atoms with Crippen molar-refractivity contribution in [2.24, 2.45) is 0 Å². The topological polar surface area (TPSA) is 92.5 Å². The lowest BCUT2D eigenvalue weighted by Crippen LogP contribution is -2.30. The zero-order chi connectivity index (χ0) is 24.8. The van der Waals surface area contributed by atoms with E-state index in [-0.39, 0.29) is 11.7 Å². The number of likely N-dealkylation sites (tertiary alicyclic amines) is 1. The minimum Gasteiger partial charge on any atom is -0.506 e. The number of aromatic hydroxyl groups is 1. The first kappa shape index (κ1) is 24.0. The maximum atomic E-state index is 12.9. The summed E-state index contributed by atoms with van der Waals surface area (Å²) in [5, 5.41) is 24.3. The molecular formula is C28H29N5O2. The van der Waals surface area contributed by atoms with Crippen molar-refractivity contribution in [3.05, 3.63) is 72.5 Å². The Balaban J connectivity index is 1.65. The number of rotatable bonds is 7. The molecule has 1 aromatic heterocycles. The lowest BCUT2D eigenvalue weighted by molar-refractivity contribution is -0.113. The highest BCUT2D eigenvalue weighted by molar-refractivity contribution is 6.05. The highest BCUT2D eigenvalue weighted by Gasteiger charge is 2.18. The Bertz CT molecular complexity index is 1320. The third-order valence-electron chi connectivity index (χ3n) is 6.24. The summed E-state index contributed by atoms with van der Waals surface area (Å²) in [6.45, 7) is 6.65. The molecule has 0 spiro atoms. The average Bonchev–Trinajstić information content (AvgIpc) is 2.88. The number of hydrogen-bond acceptors (Lipinski definition) is 6.